The van der Waals surface area contributed by atoms with Gasteiger partial charge in [-0.05, 0) is 41.5 Å². The van der Waals surface area contributed by atoms with E-state index in [4.69, 9.17) is 0 Å². The Kier molecular flexibility index (Phi) is 6.54. The lowest BCUT2D eigenvalue weighted by Crippen LogP contribution is -2.19. The van der Waals surface area contributed by atoms with E-state index in [1.54, 1.807) is 18.2 Å². The monoisotopic (exact) mass is 430 g/mol. The number of nitrogens with zero attached hydrogens (tertiary/aromatic N) is 2. The Morgan fingerprint density at radius 2 is 1.61 bits per heavy atom. The Labute approximate surface area is 183 Å². The van der Waals surface area contributed by atoms with Gasteiger partial charge < -0.3 is 5.32 Å². The lowest BCUT2D eigenvalue weighted by molar-refractivity contribution is -0.115. The number of carbonyl (C=O) groups excluding carboxylic acids is 1. The molecule has 1 heterocycles. The molecule has 0 saturated heterocycles. The average Bonchev–Trinajstić information content (AvgIpc) is 3.26. The summed E-state index contributed by atoms with van der Waals surface area (Å²) in [4.78, 5) is 17.5. The number of rotatable bonds is 7. The van der Waals surface area contributed by atoms with Gasteiger partial charge in [-0.15, -0.1) is 5.10 Å². The molecule has 1 amide bonds. The van der Waals surface area contributed by atoms with Crippen LogP contribution >= 0.6 is 11.8 Å². The van der Waals surface area contributed by atoms with Crippen LogP contribution in [0.15, 0.2) is 90.1 Å². The molecule has 0 saturated carbocycles. The van der Waals surface area contributed by atoms with Crippen molar-refractivity contribution in [2.45, 2.75) is 10.4 Å². The van der Waals surface area contributed by atoms with Crippen molar-refractivity contribution in [3.8, 4) is 0 Å². The van der Waals surface area contributed by atoms with E-state index in [2.05, 4.69) is 20.5 Å². The summed E-state index contributed by atoms with van der Waals surface area (Å²) in [6, 6.07) is 25.0. The highest BCUT2D eigenvalue weighted by atomic mass is 32.2. The van der Waals surface area contributed by atoms with Crippen LogP contribution in [0.2, 0.25) is 0 Å². The third kappa shape index (κ3) is 5.67. The van der Waals surface area contributed by atoms with Gasteiger partial charge in [0, 0.05) is 5.69 Å². The predicted molar refractivity (Wildman–Crippen MR) is 122 cm³/mol. The lowest BCUT2D eigenvalue weighted by atomic mass is 10.1. The van der Waals surface area contributed by atoms with Crippen LogP contribution < -0.4 is 5.32 Å². The number of benzene rings is 3. The maximum Gasteiger partial charge on any atom is 0.242 e. The smallest absolute Gasteiger partial charge is 0.242 e. The molecule has 1 aromatic heterocycles. The number of thioether (sulfide) groups is 1. The van der Waals surface area contributed by atoms with Crippen LogP contribution in [-0.4, -0.2) is 21.1 Å². The standard InChI is InChI=1S/C24H19FN4OS/c25-19-14-11-17(12-15-19)13-16-21-27-24(29-28-21)31-22(18-7-3-1-4-8-18)23(30)26-20-9-5-2-6-10-20/h1-16,22H,(H,26,30)(H,27,28,29)/b16-13+. The van der Waals surface area contributed by atoms with Gasteiger partial charge in [-0.2, -0.15) is 0 Å². The first-order valence-corrected chi connectivity index (χ1v) is 10.5. The molecule has 7 heteroatoms. The minimum absolute atomic E-state index is 0.157. The molecule has 0 radical (unpaired) electrons. The molecule has 2 N–H and O–H groups in total. The van der Waals surface area contributed by atoms with Crippen molar-refractivity contribution in [2.75, 3.05) is 5.32 Å². The van der Waals surface area contributed by atoms with Crippen LogP contribution in [0, 0.1) is 5.82 Å². The number of anilines is 1. The summed E-state index contributed by atoms with van der Waals surface area (Å²) < 4.78 is 13.0. The number of para-hydroxylation sites is 1. The third-order valence-electron chi connectivity index (χ3n) is 4.39. The van der Waals surface area contributed by atoms with Gasteiger partial charge >= 0.3 is 0 Å². The van der Waals surface area contributed by atoms with Gasteiger partial charge in [0.25, 0.3) is 0 Å². The number of hydrogen-bond donors (Lipinski definition) is 2. The number of halogens is 1. The molecule has 0 spiro atoms. The second kappa shape index (κ2) is 9.86. The van der Waals surface area contributed by atoms with Gasteiger partial charge in [0.1, 0.15) is 16.9 Å². The molecule has 0 bridgehead atoms. The molecule has 4 rings (SSSR count). The summed E-state index contributed by atoms with van der Waals surface area (Å²) >= 11 is 1.26. The average molecular weight is 431 g/mol. The highest BCUT2D eigenvalue weighted by molar-refractivity contribution is 8.00. The molecular formula is C24H19FN4OS. The summed E-state index contributed by atoms with van der Waals surface area (Å²) in [5, 5.41) is 9.97. The lowest BCUT2D eigenvalue weighted by Gasteiger charge is -2.15. The summed E-state index contributed by atoms with van der Waals surface area (Å²) in [6.45, 7) is 0. The molecule has 4 aromatic rings. The largest absolute Gasteiger partial charge is 0.325 e. The molecule has 0 aliphatic heterocycles. The summed E-state index contributed by atoms with van der Waals surface area (Å²) in [6.07, 6.45) is 3.57. The topological polar surface area (TPSA) is 70.7 Å². The van der Waals surface area contributed by atoms with Crippen molar-refractivity contribution < 1.29 is 9.18 Å². The molecule has 0 fully saturated rings. The van der Waals surface area contributed by atoms with Crippen LogP contribution in [0.5, 0.6) is 0 Å². The second-order valence-corrected chi connectivity index (χ2v) is 7.72. The van der Waals surface area contributed by atoms with Crippen LogP contribution in [0.4, 0.5) is 10.1 Å². The minimum Gasteiger partial charge on any atom is -0.325 e. The number of amides is 1. The molecule has 0 aliphatic carbocycles. The maximum absolute atomic E-state index is 13.0. The van der Waals surface area contributed by atoms with Gasteiger partial charge in [-0.25, -0.2) is 9.37 Å². The predicted octanol–water partition coefficient (Wildman–Crippen LogP) is 5.59. The van der Waals surface area contributed by atoms with Gasteiger partial charge in [0.05, 0.1) is 0 Å². The van der Waals surface area contributed by atoms with E-state index >= 15 is 0 Å². The fourth-order valence-electron chi connectivity index (χ4n) is 2.87. The van der Waals surface area contributed by atoms with Crippen molar-refractivity contribution in [1.29, 1.82) is 0 Å². The van der Waals surface area contributed by atoms with Crippen molar-refractivity contribution in [3.63, 3.8) is 0 Å². The van der Waals surface area contributed by atoms with Crippen LogP contribution in [0.25, 0.3) is 12.2 Å². The molecular weight excluding hydrogens is 411 g/mol. The molecule has 1 atom stereocenters. The molecule has 154 valence electrons. The fraction of sp³-hybridized carbons (Fsp3) is 0.0417. The molecule has 31 heavy (non-hydrogen) atoms. The normalized spacial score (nSPS) is 12.0. The Bertz CT molecular complexity index is 1160. The van der Waals surface area contributed by atoms with Gasteiger partial charge in [0.15, 0.2) is 0 Å². The number of hydrogen-bond acceptors (Lipinski definition) is 4. The zero-order valence-corrected chi connectivity index (χ0v) is 17.2. The Morgan fingerprint density at radius 1 is 0.935 bits per heavy atom. The highest BCUT2D eigenvalue weighted by Crippen LogP contribution is 2.34. The van der Waals surface area contributed by atoms with E-state index < -0.39 is 5.25 Å². The Balaban J connectivity index is 1.50. The Hall–Kier alpha value is -3.71. The van der Waals surface area contributed by atoms with Crippen LogP contribution in [0.1, 0.15) is 22.2 Å². The quantitative estimate of drug-likeness (QED) is 0.375. The number of aromatic amines is 1. The van der Waals surface area contributed by atoms with Crippen LogP contribution in [0.3, 0.4) is 0 Å². The maximum atomic E-state index is 13.0. The molecule has 1 unspecified atom stereocenters. The Morgan fingerprint density at radius 3 is 2.32 bits per heavy atom. The zero-order chi connectivity index (χ0) is 21.5. The zero-order valence-electron chi connectivity index (χ0n) is 16.4. The molecule has 5 nitrogen and oxygen atoms in total. The summed E-state index contributed by atoms with van der Waals surface area (Å²) in [5.74, 6) is 0.106. The SMILES string of the molecule is O=C(Nc1ccccc1)C(Sc1n[nH]c(/C=C/c2ccc(F)cc2)n1)c1ccccc1. The number of nitrogens with one attached hydrogen (secondary N) is 2. The van der Waals surface area contributed by atoms with E-state index in [0.717, 1.165) is 16.8 Å². The van der Waals surface area contributed by atoms with Crippen molar-refractivity contribution in [1.82, 2.24) is 15.2 Å². The first-order chi connectivity index (χ1) is 15.2. The number of carbonyl (C=O) groups is 1. The fourth-order valence-corrected chi connectivity index (χ4v) is 3.79. The van der Waals surface area contributed by atoms with E-state index in [-0.39, 0.29) is 11.7 Å². The van der Waals surface area contributed by atoms with E-state index in [1.165, 1.54) is 23.9 Å². The van der Waals surface area contributed by atoms with Gasteiger partial charge in [-0.1, -0.05) is 78.5 Å². The highest BCUT2D eigenvalue weighted by Gasteiger charge is 2.24. The van der Waals surface area contributed by atoms with Gasteiger partial charge in [-0.3, -0.25) is 9.89 Å². The van der Waals surface area contributed by atoms with Gasteiger partial charge in [0.2, 0.25) is 11.1 Å². The van der Waals surface area contributed by atoms with Crippen molar-refractivity contribution in [2.24, 2.45) is 0 Å². The van der Waals surface area contributed by atoms with E-state index in [0.29, 0.717) is 11.0 Å². The third-order valence-corrected chi connectivity index (χ3v) is 5.51. The number of aromatic nitrogens is 3. The van der Waals surface area contributed by atoms with E-state index in [1.807, 2.05) is 66.7 Å². The molecule has 3 aromatic carbocycles. The van der Waals surface area contributed by atoms with E-state index in [9.17, 15) is 9.18 Å². The first kappa shape index (κ1) is 20.6. The minimum atomic E-state index is -0.522. The molecule has 0 aliphatic rings. The van der Waals surface area contributed by atoms with Crippen LogP contribution in [-0.2, 0) is 4.79 Å². The second-order valence-electron chi connectivity index (χ2n) is 6.65. The summed E-state index contributed by atoms with van der Waals surface area (Å²) in [5.41, 5.74) is 2.43. The number of H-pyrrole nitrogens is 1. The van der Waals surface area contributed by atoms with Crippen molar-refractivity contribution >= 4 is 35.5 Å². The van der Waals surface area contributed by atoms with Crippen molar-refractivity contribution in [3.05, 3.63) is 108 Å². The first-order valence-electron chi connectivity index (χ1n) is 9.61. The summed E-state index contributed by atoms with van der Waals surface area (Å²) in [7, 11) is 0.